The number of rotatable bonds is 9. The van der Waals surface area contributed by atoms with Crippen molar-refractivity contribution in [3.8, 4) is 0 Å². The van der Waals surface area contributed by atoms with Gasteiger partial charge in [-0.1, -0.05) is 36.4 Å². The van der Waals surface area contributed by atoms with Crippen LogP contribution < -0.4 is 15.5 Å². The molecule has 0 spiro atoms. The molecule has 0 aliphatic carbocycles. The molecule has 2 aromatic heterocycles. The van der Waals surface area contributed by atoms with E-state index in [1.165, 1.54) is 36.8 Å². The third-order valence-electron chi connectivity index (χ3n) is 5.17. The van der Waals surface area contributed by atoms with Gasteiger partial charge in [-0.3, -0.25) is 19.3 Å². The number of nitrogens with zero attached hydrogens (tertiary/aromatic N) is 1. The molecule has 178 valence electrons. The molecule has 2 N–H and O–H groups in total. The van der Waals surface area contributed by atoms with E-state index in [1.807, 2.05) is 0 Å². The molecule has 4 rings (SSSR count). The van der Waals surface area contributed by atoms with E-state index in [0.717, 1.165) is 4.90 Å². The van der Waals surface area contributed by atoms with Crippen LogP contribution >= 0.6 is 0 Å². The summed E-state index contributed by atoms with van der Waals surface area (Å²) in [5.41, 5.74) is 0.352. The summed E-state index contributed by atoms with van der Waals surface area (Å²) in [4.78, 5) is 40.3. The molecule has 0 saturated heterocycles. The maximum absolute atomic E-state index is 14.9. The highest BCUT2D eigenvalue weighted by atomic mass is 19.1. The van der Waals surface area contributed by atoms with Crippen LogP contribution in [-0.2, 0) is 16.1 Å². The van der Waals surface area contributed by atoms with Crippen LogP contribution in [0.2, 0.25) is 0 Å². The van der Waals surface area contributed by atoms with E-state index in [4.69, 9.17) is 8.83 Å². The van der Waals surface area contributed by atoms with E-state index < -0.39 is 36.1 Å². The number of furan rings is 2. The van der Waals surface area contributed by atoms with Crippen LogP contribution in [0.25, 0.3) is 0 Å². The number of halogens is 1. The van der Waals surface area contributed by atoms with Crippen LogP contribution in [0.1, 0.15) is 27.9 Å². The number of hydrogen-bond donors (Lipinski definition) is 2. The smallest absolute Gasteiger partial charge is 0.287 e. The Labute approximate surface area is 200 Å². The molecule has 2 heterocycles. The molecule has 4 aromatic rings. The predicted molar refractivity (Wildman–Crippen MR) is 125 cm³/mol. The van der Waals surface area contributed by atoms with Crippen molar-refractivity contribution in [1.29, 1.82) is 0 Å². The van der Waals surface area contributed by atoms with Crippen molar-refractivity contribution in [2.45, 2.75) is 12.6 Å². The van der Waals surface area contributed by atoms with Crippen molar-refractivity contribution >= 4 is 23.4 Å². The first-order chi connectivity index (χ1) is 17.0. The van der Waals surface area contributed by atoms with Gasteiger partial charge in [0, 0.05) is 11.3 Å². The molecule has 3 amide bonds. The van der Waals surface area contributed by atoms with Gasteiger partial charge in [0.15, 0.2) is 5.76 Å². The summed E-state index contributed by atoms with van der Waals surface area (Å²) in [7, 11) is 0. The van der Waals surface area contributed by atoms with Crippen LogP contribution in [0.4, 0.5) is 10.1 Å². The summed E-state index contributed by atoms with van der Waals surface area (Å²) in [6.07, 6.45) is 2.81. The fourth-order valence-corrected chi connectivity index (χ4v) is 3.54. The molecule has 0 aliphatic rings. The van der Waals surface area contributed by atoms with Gasteiger partial charge in [-0.2, -0.15) is 0 Å². The van der Waals surface area contributed by atoms with Gasteiger partial charge in [0.1, 0.15) is 17.6 Å². The molecule has 1 atom stereocenters. The summed E-state index contributed by atoms with van der Waals surface area (Å²) in [6, 6.07) is 19.1. The number of anilines is 1. The first kappa shape index (κ1) is 23.5. The van der Waals surface area contributed by atoms with Crippen molar-refractivity contribution in [3.05, 3.63) is 114 Å². The third-order valence-corrected chi connectivity index (χ3v) is 5.17. The van der Waals surface area contributed by atoms with Crippen LogP contribution in [-0.4, -0.2) is 24.3 Å². The maximum Gasteiger partial charge on any atom is 0.287 e. The van der Waals surface area contributed by atoms with Crippen LogP contribution in [0.5, 0.6) is 0 Å². The van der Waals surface area contributed by atoms with Crippen LogP contribution in [0.3, 0.4) is 0 Å². The lowest BCUT2D eigenvalue weighted by Gasteiger charge is -2.31. The second-order valence-corrected chi connectivity index (χ2v) is 7.48. The molecule has 0 fully saturated rings. The minimum Gasteiger partial charge on any atom is -0.467 e. The predicted octanol–water partition coefficient (Wildman–Crippen LogP) is 3.83. The zero-order chi connectivity index (χ0) is 24.6. The summed E-state index contributed by atoms with van der Waals surface area (Å²) < 4.78 is 25.2. The highest BCUT2D eigenvalue weighted by Crippen LogP contribution is 2.29. The van der Waals surface area contributed by atoms with E-state index in [1.54, 1.807) is 54.6 Å². The second-order valence-electron chi connectivity index (χ2n) is 7.48. The lowest BCUT2D eigenvalue weighted by Crippen LogP contribution is -2.47. The number of carbonyl (C=O) groups excluding carboxylic acids is 3. The lowest BCUT2D eigenvalue weighted by atomic mass is 10.0. The topological polar surface area (TPSA) is 105 Å². The Hall–Kier alpha value is -4.66. The average Bonchev–Trinajstić information content (AvgIpc) is 3.60. The highest BCUT2D eigenvalue weighted by molar-refractivity contribution is 6.04. The number of para-hydroxylation sites is 1. The Balaban J connectivity index is 1.66. The van der Waals surface area contributed by atoms with E-state index in [-0.39, 0.29) is 17.9 Å². The van der Waals surface area contributed by atoms with Crippen molar-refractivity contribution < 1.29 is 27.6 Å². The molecule has 0 bridgehead atoms. The maximum atomic E-state index is 14.9. The molecule has 2 aromatic carbocycles. The van der Waals surface area contributed by atoms with E-state index >= 15 is 0 Å². The first-order valence-corrected chi connectivity index (χ1v) is 10.8. The van der Waals surface area contributed by atoms with E-state index in [9.17, 15) is 18.8 Å². The number of benzene rings is 2. The first-order valence-electron chi connectivity index (χ1n) is 10.8. The lowest BCUT2D eigenvalue weighted by molar-refractivity contribution is -0.126. The van der Waals surface area contributed by atoms with Gasteiger partial charge >= 0.3 is 0 Å². The summed E-state index contributed by atoms with van der Waals surface area (Å²) >= 11 is 0. The van der Waals surface area contributed by atoms with Gasteiger partial charge in [-0.15, -0.1) is 0 Å². The minimum atomic E-state index is -1.36. The quantitative estimate of drug-likeness (QED) is 0.383. The number of hydrogen-bond acceptors (Lipinski definition) is 5. The summed E-state index contributed by atoms with van der Waals surface area (Å²) in [5, 5.41) is 5.19. The van der Waals surface area contributed by atoms with Crippen molar-refractivity contribution in [3.63, 3.8) is 0 Å². The third kappa shape index (κ3) is 5.64. The molecule has 0 unspecified atom stereocenters. The zero-order valence-corrected chi connectivity index (χ0v) is 18.5. The SMILES string of the molecule is O=C(NCC(=O)N(c1ccccc1)[C@H](C(=O)NCc1ccco1)c1ccccc1F)c1ccco1. The number of amides is 3. The van der Waals surface area contributed by atoms with E-state index in [0.29, 0.717) is 11.4 Å². The van der Waals surface area contributed by atoms with E-state index in [2.05, 4.69) is 10.6 Å². The van der Waals surface area contributed by atoms with Crippen molar-refractivity contribution in [2.75, 3.05) is 11.4 Å². The molecular weight excluding hydrogens is 453 g/mol. The molecule has 35 heavy (non-hydrogen) atoms. The number of carbonyl (C=O) groups is 3. The fourth-order valence-electron chi connectivity index (χ4n) is 3.54. The van der Waals surface area contributed by atoms with Gasteiger partial charge in [0.05, 0.1) is 25.6 Å². The monoisotopic (exact) mass is 475 g/mol. The van der Waals surface area contributed by atoms with Crippen LogP contribution in [0.15, 0.2) is 100 Å². The summed E-state index contributed by atoms with van der Waals surface area (Å²) in [5.74, 6) is -1.97. The zero-order valence-electron chi connectivity index (χ0n) is 18.5. The Kier molecular flexibility index (Phi) is 7.37. The number of nitrogens with one attached hydrogen (secondary N) is 2. The fraction of sp³-hybridized carbons (Fsp3) is 0.115. The largest absolute Gasteiger partial charge is 0.467 e. The normalized spacial score (nSPS) is 11.5. The Bertz CT molecular complexity index is 1270. The molecular formula is C26H22FN3O5. The van der Waals surface area contributed by atoms with Gasteiger partial charge in [0.2, 0.25) is 11.8 Å². The molecule has 0 saturated carbocycles. The molecule has 0 radical (unpaired) electrons. The average molecular weight is 475 g/mol. The van der Waals surface area contributed by atoms with Gasteiger partial charge < -0.3 is 19.5 Å². The van der Waals surface area contributed by atoms with Crippen molar-refractivity contribution in [2.24, 2.45) is 0 Å². The van der Waals surface area contributed by atoms with Gasteiger partial charge in [-0.25, -0.2) is 4.39 Å². The second kappa shape index (κ2) is 11.0. The molecule has 0 aliphatic heterocycles. The van der Waals surface area contributed by atoms with Gasteiger partial charge in [0.25, 0.3) is 5.91 Å². The highest BCUT2D eigenvalue weighted by Gasteiger charge is 2.34. The van der Waals surface area contributed by atoms with Crippen molar-refractivity contribution in [1.82, 2.24) is 10.6 Å². The van der Waals surface area contributed by atoms with Crippen LogP contribution in [0, 0.1) is 5.82 Å². The Morgan fingerprint density at radius 3 is 2.23 bits per heavy atom. The minimum absolute atomic E-state index is 0.000918. The Morgan fingerprint density at radius 2 is 1.54 bits per heavy atom. The Morgan fingerprint density at radius 1 is 0.829 bits per heavy atom. The van der Waals surface area contributed by atoms with Gasteiger partial charge in [-0.05, 0) is 42.5 Å². The molecule has 9 heteroatoms. The summed E-state index contributed by atoms with van der Waals surface area (Å²) in [6.45, 7) is -0.409. The molecule has 8 nitrogen and oxygen atoms in total. The standard InChI is InChI=1S/C26H22FN3O5/c27-21-12-5-4-11-20(21)24(26(33)28-16-19-10-6-14-34-19)30(18-8-2-1-3-9-18)23(31)17-29-25(32)22-13-7-15-35-22/h1-15,24H,16-17H2,(H,28,33)(H,29,32)/t24-/m0/s1.